The van der Waals surface area contributed by atoms with Crippen LogP contribution in [0.1, 0.15) is 36.8 Å². The molecule has 1 rings (SSSR count). The number of pyridine rings is 1. The highest BCUT2D eigenvalue weighted by Gasteiger charge is 2.15. The smallest absolute Gasteiger partial charge is 0.213 e. The SMILES string of the molecule is CC(C)(C)c1cc(F)nc(C=O)c1. The Morgan fingerprint density at radius 2 is 2.00 bits per heavy atom. The summed E-state index contributed by atoms with van der Waals surface area (Å²) in [6.07, 6.45) is 0.554. The van der Waals surface area contributed by atoms with Crippen LogP contribution in [0.4, 0.5) is 4.39 Å². The molecular formula is C10H12FNO. The maximum Gasteiger partial charge on any atom is 0.213 e. The molecule has 0 aromatic carbocycles. The molecule has 0 aliphatic carbocycles. The van der Waals surface area contributed by atoms with Crippen LogP contribution in [0.15, 0.2) is 12.1 Å². The molecule has 0 radical (unpaired) electrons. The molecule has 0 aliphatic heterocycles. The summed E-state index contributed by atoms with van der Waals surface area (Å²) >= 11 is 0. The third-order valence-electron chi connectivity index (χ3n) is 1.80. The lowest BCUT2D eigenvalue weighted by molar-refractivity contribution is 0.111. The summed E-state index contributed by atoms with van der Waals surface area (Å²) < 4.78 is 12.9. The van der Waals surface area contributed by atoms with Crippen LogP contribution in [0.3, 0.4) is 0 Å². The highest BCUT2D eigenvalue weighted by atomic mass is 19.1. The zero-order chi connectivity index (χ0) is 10.1. The van der Waals surface area contributed by atoms with E-state index in [-0.39, 0.29) is 11.1 Å². The van der Waals surface area contributed by atoms with Gasteiger partial charge in [-0.25, -0.2) is 4.98 Å². The van der Waals surface area contributed by atoms with Gasteiger partial charge >= 0.3 is 0 Å². The van der Waals surface area contributed by atoms with E-state index in [0.29, 0.717) is 6.29 Å². The Morgan fingerprint density at radius 1 is 1.38 bits per heavy atom. The van der Waals surface area contributed by atoms with E-state index in [2.05, 4.69) is 4.98 Å². The Hall–Kier alpha value is -1.25. The van der Waals surface area contributed by atoms with Gasteiger partial charge in [0, 0.05) is 0 Å². The van der Waals surface area contributed by atoms with Crippen LogP contribution >= 0.6 is 0 Å². The molecule has 13 heavy (non-hydrogen) atoms. The molecule has 0 spiro atoms. The number of hydrogen-bond donors (Lipinski definition) is 0. The first-order chi connectivity index (χ1) is 5.93. The van der Waals surface area contributed by atoms with Crippen molar-refractivity contribution >= 4 is 6.29 Å². The van der Waals surface area contributed by atoms with Crippen molar-refractivity contribution in [2.24, 2.45) is 0 Å². The highest BCUT2D eigenvalue weighted by molar-refractivity contribution is 5.72. The molecule has 0 unspecified atom stereocenters. The lowest BCUT2D eigenvalue weighted by Gasteiger charge is -2.18. The Kier molecular flexibility index (Phi) is 2.45. The third-order valence-corrected chi connectivity index (χ3v) is 1.80. The summed E-state index contributed by atoms with van der Waals surface area (Å²) in [6.45, 7) is 5.86. The van der Waals surface area contributed by atoms with Crippen LogP contribution in [0.2, 0.25) is 0 Å². The van der Waals surface area contributed by atoms with Crippen LogP contribution in [0.25, 0.3) is 0 Å². The number of aldehydes is 1. The molecule has 1 aromatic heterocycles. The fourth-order valence-corrected chi connectivity index (χ4v) is 1.01. The summed E-state index contributed by atoms with van der Waals surface area (Å²) in [4.78, 5) is 13.8. The quantitative estimate of drug-likeness (QED) is 0.491. The normalized spacial score (nSPS) is 11.4. The van der Waals surface area contributed by atoms with Gasteiger partial charge in [-0.1, -0.05) is 20.8 Å². The van der Waals surface area contributed by atoms with E-state index >= 15 is 0 Å². The molecule has 0 bridgehead atoms. The summed E-state index contributed by atoms with van der Waals surface area (Å²) in [7, 11) is 0. The van der Waals surface area contributed by atoms with Gasteiger partial charge in [0.1, 0.15) is 5.69 Å². The molecule has 0 saturated carbocycles. The molecule has 0 fully saturated rings. The molecule has 0 saturated heterocycles. The number of aromatic nitrogens is 1. The monoisotopic (exact) mass is 181 g/mol. The van der Waals surface area contributed by atoms with Crippen molar-refractivity contribution in [3.05, 3.63) is 29.3 Å². The van der Waals surface area contributed by atoms with Gasteiger partial charge in [-0.3, -0.25) is 4.79 Å². The Bertz CT molecular complexity index is 328. The van der Waals surface area contributed by atoms with E-state index in [0.717, 1.165) is 5.56 Å². The summed E-state index contributed by atoms with van der Waals surface area (Å²) in [5, 5.41) is 0. The lowest BCUT2D eigenvalue weighted by atomic mass is 9.87. The summed E-state index contributed by atoms with van der Waals surface area (Å²) in [5.74, 6) is -0.602. The highest BCUT2D eigenvalue weighted by Crippen LogP contribution is 2.22. The average molecular weight is 181 g/mol. The van der Waals surface area contributed by atoms with E-state index in [9.17, 15) is 9.18 Å². The van der Waals surface area contributed by atoms with Gasteiger partial charge < -0.3 is 0 Å². The molecule has 2 nitrogen and oxygen atoms in total. The molecule has 0 N–H and O–H groups in total. The number of nitrogens with zero attached hydrogens (tertiary/aromatic N) is 1. The second-order valence-corrected chi connectivity index (χ2v) is 3.97. The van der Waals surface area contributed by atoms with Crippen molar-refractivity contribution in [2.45, 2.75) is 26.2 Å². The van der Waals surface area contributed by atoms with Gasteiger partial charge in [-0.15, -0.1) is 0 Å². The summed E-state index contributed by atoms with van der Waals surface area (Å²) in [6, 6.07) is 2.96. The maximum absolute atomic E-state index is 12.9. The average Bonchev–Trinajstić information content (AvgIpc) is 2.01. The van der Waals surface area contributed by atoms with Gasteiger partial charge in [-0.2, -0.15) is 4.39 Å². The molecule has 70 valence electrons. The van der Waals surface area contributed by atoms with Crippen LogP contribution in [0.5, 0.6) is 0 Å². The van der Waals surface area contributed by atoms with E-state index in [4.69, 9.17) is 0 Å². The van der Waals surface area contributed by atoms with E-state index < -0.39 is 5.95 Å². The second kappa shape index (κ2) is 3.24. The molecule has 1 aromatic rings. The fraction of sp³-hybridized carbons (Fsp3) is 0.400. The predicted octanol–water partition coefficient (Wildman–Crippen LogP) is 2.33. The predicted molar refractivity (Wildman–Crippen MR) is 48.3 cm³/mol. The number of halogens is 1. The maximum atomic E-state index is 12.9. The number of rotatable bonds is 1. The van der Waals surface area contributed by atoms with Gasteiger partial charge in [-0.05, 0) is 23.1 Å². The third kappa shape index (κ3) is 2.34. The first-order valence-corrected chi connectivity index (χ1v) is 4.07. The van der Waals surface area contributed by atoms with Crippen molar-refractivity contribution in [3.8, 4) is 0 Å². The van der Waals surface area contributed by atoms with E-state index in [1.165, 1.54) is 6.07 Å². The first-order valence-electron chi connectivity index (χ1n) is 4.07. The second-order valence-electron chi connectivity index (χ2n) is 3.97. The van der Waals surface area contributed by atoms with Gasteiger partial charge in [0.15, 0.2) is 6.29 Å². The van der Waals surface area contributed by atoms with Crippen molar-refractivity contribution in [3.63, 3.8) is 0 Å². The van der Waals surface area contributed by atoms with E-state index in [1.807, 2.05) is 20.8 Å². The first kappa shape index (κ1) is 9.84. The molecule has 0 aliphatic rings. The Balaban J connectivity index is 3.24. The zero-order valence-electron chi connectivity index (χ0n) is 7.97. The number of carbonyl (C=O) groups is 1. The van der Waals surface area contributed by atoms with Crippen LogP contribution < -0.4 is 0 Å². The minimum absolute atomic E-state index is 0.143. The van der Waals surface area contributed by atoms with Crippen molar-refractivity contribution < 1.29 is 9.18 Å². The van der Waals surface area contributed by atoms with E-state index in [1.54, 1.807) is 6.07 Å². The van der Waals surface area contributed by atoms with Gasteiger partial charge in [0.2, 0.25) is 5.95 Å². The largest absolute Gasteiger partial charge is 0.296 e. The minimum atomic E-state index is -0.602. The standard InChI is InChI=1S/C10H12FNO/c1-10(2,3)7-4-8(6-13)12-9(11)5-7/h4-6H,1-3H3. The topological polar surface area (TPSA) is 30.0 Å². The fourth-order valence-electron chi connectivity index (χ4n) is 1.01. The van der Waals surface area contributed by atoms with Gasteiger partial charge in [0.25, 0.3) is 0 Å². The zero-order valence-corrected chi connectivity index (χ0v) is 7.97. The Morgan fingerprint density at radius 3 is 2.46 bits per heavy atom. The molecule has 3 heteroatoms. The molecular weight excluding hydrogens is 169 g/mol. The summed E-state index contributed by atoms with van der Waals surface area (Å²) in [5.41, 5.74) is 0.758. The molecule has 1 heterocycles. The van der Waals surface area contributed by atoms with Crippen molar-refractivity contribution in [1.29, 1.82) is 0 Å². The number of hydrogen-bond acceptors (Lipinski definition) is 2. The Labute approximate surface area is 76.8 Å². The number of carbonyl (C=O) groups excluding carboxylic acids is 1. The molecule has 0 amide bonds. The minimum Gasteiger partial charge on any atom is -0.296 e. The van der Waals surface area contributed by atoms with Crippen molar-refractivity contribution in [2.75, 3.05) is 0 Å². The van der Waals surface area contributed by atoms with Crippen molar-refractivity contribution in [1.82, 2.24) is 4.98 Å². The molecule has 0 atom stereocenters. The lowest BCUT2D eigenvalue weighted by Crippen LogP contribution is -2.12. The van der Waals surface area contributed by atoms with Crippen LogP contribution in [-0.4, -0.2) is 11.3 Å². The van der Waals surface area contributed by atoms with Gasteiger partial charge in [0.05, 0.1) is 0 Å². The van der Waals surface area contributed by atoms with Crippen LogP contribution in [0, 0.1) is 5.95 Å². The van der Waals surface area contributed by atoms with Crippen LogP contribution in [-0.2, 0) is 5.41 Å².